The molecule has 0 saturated heterocycles. The Hall–Kier alpha value is -1.50. The van der Waals surface area contributed by atoms with Gasteiger partial charge in [0.15, 0.2) is 0 Å². The van der Waals surface area contributed by atoms with Crippen LogP contribution in [0.15, 0.2) is 35.9 Å². The molecule has 0 amide bonds. The molecule has 1 aliphatic heterocycles. The van der Waals surface area contributed by atoms with E-state index in [2.05, 4.69) is 36.4 Å². The van der Waals surface area contributed by atoms with Crippen molar-refractivity contribution in [2.24, 2.45) is 0 Å². The molecule has 88 valence electrons. The van der Waals surface area contributed by atoms with Crippen LogP contribution in [-0.2, 0) is 6.42 Å². The highest BCUT2D eigenvalue weighted by Crippen LogP contribution is 2.31. The molecule has 0 radical (unpaired) electrons. The molecule has 1 aliphatic carbocycles. The second-order valence-electron chi connectivity index (χ2n) is 4.83. The second kappa shape index (κ2) is 4.79. The summed E-state index contributed by atoms with van der Waals surface area (Å²) in [4.78, 5) is 0. The maximum absolute atomic E-state index is 5.78. The minimum absolute atomic E-state index is 0.711. The van der Waals surface area contributed by atoms with Crippen LogP contribution in [0, 0.1) is 0 Å². The van der Waals surface area contributed by atoms with Crippen LogP contribution >= 0.6 is 0 Å². The van der Waals surface area contributed by atoms with E-state index in [9.17, 15) is 0 Å². The molecular weight excluding hydrogens is 208 g/mol. The largest absolute Gasteiger partial charge is 0.489 e. The summed E-state index contributed by atoms with van der Waals surface area (Å²) in [6.45, 7) is 0.711. The summed E-state index contributed by atoms with van der Waals surface area (Å²) in [6.07, 6.45) is 12.9. The monoisotopic (exact) mass is 226 g/mol. The zero-order chi connectivity index (χ0) is 11.5. The van der Waals surface area contributed by atoms with Gasteiger partial charge in [0.2, 0.25) is 0 Å². The van der Waals surface area contributed by atoms with Gasteiger partial charge in [0.25, 0.3) is 0 Å². The van der Waals surface area contributed by atoms with Gasteiger partial charge >= 0.3 is 0 Å². The van der Waals surface area contributed by atoms with E-state index in [-0.39, 0.29) is 0 Å². The Morgan fingerprint density at radius 1 is 1.18 bits per heavy atom. The van der Waals surface area contributed by atoms with Crippen molar-refractivity contribution in [3.05, 3.63) is 47.1 Å². The molecule has 17 heavy (non-hydrogen) atoms. The number of hydrogen-bond donors (Lipinski definition) is 0. The fraction of sp³-hybridized carbons (Fsp3) is 0.375. The summed E-state index contributed by atoms with van der Waals surface area (Å²) in [6, 6.07) is 6.47. The molecule has 2 aliphatic rings. The van der Waals surface area contributed by atoms with Gasteiger partial charge in [-0.1, -0.05) is 35.9 Å². The van der Waals surface area contributed by atoms with Crippen molar-refractivity contribution in [1.29, 1.82) is 0 Å². The Bertz CT molecular complexity index is 468. The molecule has 1 heterocycles. The predicted octanol–water partition coefficient (Wildman–Crippen LogP) is 4.14. The highest BCUT2D eigenvalue weighted by atomic mass is 16.5. The number of ether oxygens (including phenoxy) is 1. The number of hydrogen-bond acceptors (Lipinski definition) is 1. The van der Waals surface area contributed by atoms with E-state index in [1.54, 1.807) is 5.57 Å². The third-order valence-electron chi connectivity index (χ3n) is 3.55. The lowest BCUT2D eigenvalue weighted by Gasteiger charge is -2.18. The first-order valence-electron chi connectivity index (χ1n) is 6.52. The van der Waals surface area contributed by atoms with E-state index >= 15 is 0 Å². The van der Waals surface area contributed by atoms with Crippen LogP contribution in [0.2, 0.25) is 0 Å². The Morgan fingerprint density at radius 2 is 2.18 bits per heavy atom. The van der Waals surface area contributed by atoms with Gasteiger partial charge < -0.3 is 4.74 Å². The topological polar surface area (TPSA) is 9.23 Å². The smallest absolute Gasteiger partial charge is 0.130 e. The summed E-state index contributed by atoms with van der Waals surface area (Å²) in [5, 5.41) is 0. The number of fused-ring (bicyclic) bond motifs is 1. The Balaban J connectivity index is 1.88. The molecule has 0 N–H and O–H groups in total. The maximum atomic E-state index is 5.78. The summed E-state index contributed by atoms with van der Waals surface area (Å²) in [5.41, 5.74) is 4.16. The van der Waals surface area contributed by atoms with E-state index in [0.29, 0.717) is 6.61 Å². The van der Waals surface area contributed by atoms with Gasteiger partial charge in [-0.15, -0.1) is 0 Å². The summed E-state index contributed by atoms with van der Waals surface area (Å²) in [5.74, 6) is 1.10. The average molecular weight is 226 g/mol. The first-order valence-corrected chi connectivity index (χ1v) is 6.52. The molecule has 0 saturated carbocycles. The SMILES string of the molecule is C1=Cc2cccc(CC3=CCCCC3)c2OC1. The fourth-order valence-electron chi connectivity index (χ4n) is 2.67. The molecule has 0 bridgehead atoms. The van der Waals surface area contributed by atoms with Gasteiger partial charge in [-0.25, -0.2) is 0 Å². The molecular formula is C16H18O. The highest BCUT2D eigenvalue weighted by Gasteiger charge is 2.13. The van der Waals surface area contributed by atoms with E-state index in [4.69, 9.17) is 4.74 Å². The maximum Gasteiger partial charge on any atom is 0.130 e. The summed E-state index contributed by atoms with van der Waals surface area (Å²) >= 11 is 0. The van der Waals surface area contributed by atoms with E-state index < -0.39 is 0 Å². The molecule has 3 rings (SSSR count). The average Bonchev–Trinajstić information content (AvgIpc) is 2.40. The predicted molar refractivity (Wildman–Crippen MR) is 71.2 cm³/mol. The lowest BCUT2D eigenvalue weighted by Crippen LogP contribution is -2.05. The minimum atomic E-state index is 0.711. The molecule has 1 heteroatoms. The van der Waals surface area contributed by atoms with E-state index in [1.165, 1.54) is 36.8 Å². The molecule has 1 nitrogen and oxygen atoms in total. The number of allylic oxidation sites excluding steroid dienone is 2. The van der Waals surface area contributed by atoms with Crippen LogP contribution in [0.1, 0.15) is 36.8 Å². The molecule has 0 aromatic heterocycles. The lowest BCUT2D eigenvalue weighted by molar-refractivity contribution is 0.355. The van der Waals surface area contributed by atoms with Gasteiger partial charge in [0.1, 0.15) is 12.4 Å². The van der Waals surface area contributed by atoms with Crippen LogP contribution < -0.4 is 4.74 Å². The van der Waals surface area contributed by atoms with Crippen molar-refractivity contribution in [3.8, 4) is 5.75 Å². The van der Waals surface area contributed by atoms with Crippen LogP contribution in [-0.4, -0.2) is 6.61 Å². The van der Waals surface area contributed by atoms with Crippen molar-refractivity contribution in [1.82, 2.24) is 0 Å². The zero-order valence-electron chi connectivity index (χ0n) is 10.1. The van der Waals surface area contributed by atoms with Crippen molar-refractivity contribution < 1.29 is 4.74 Å². The van der Waals surface area contributed by atoms with Crippen molar-refractivity contribution in [2.45, 2.75) is 32.1 Å². The van der Waals surface area contributed by atoms with Crippen LogP contribution in [0.3, 0.4) is 0 Å². The summed E-state index contributed by atoms with van der Waals surface area (Å²) in [7, 11) is 0. The van der Waals surface area contributed by atoms with Gasteiger partial charge in [-0.3, -0.25) is 0 Å². The first kappa shape index (κ1) is 10.6. The molecule has 0 atom stereocenters. The Morgan fingerprint density at radius 3 is 3.06 bits per heavy atom. The van der Waals surface area contributed by atoms with Gasteiger partial charge in [0, 0.05) is 5.56 Å². The molecule has 0 fully saturated rings. The van der Waals surface area contributed by atoms with Gasteiger partial charge in [-0.05, 0) is 43.7 Å². The third-order valence-corrected chi connectivity index (χ3v) is 3.55. The molecule has 0 unspecified atom stereocenters. The zero-order valence-corrected chi connectivity index (χ0v) is 10.1. The Kier molecular flexibility index (Phi) is 3.00. The number of para-hydroxylation sites is 1. The molecule has 1 aromatic rings. The van der Waals surface area contributed by atoms with Crippen molar-refractivity contribution in [2.75, 3.05) is 6.61 Å². The fourth-order valence-corrected chi connectivity index (χ4v) is 2.67. The van der Waals surface area contributed by atoms with E-state index in [1.807, 2.05) is 0 Å². The van der Waals surface area contributed by atoms with Crippen molar-refractivity contribution in [3.63, 3.8) is 0 Å². The number of rotatable bonds is 2. The summed E-state index contributed by atoms with van der Waals surface area (Å²) < 4.78 is 5.78. The van der Waals surface area contributed by atoms with Crippen LogP contribution in [0.4, 0.5) is 0 Å². The normalized spacial score (nSPS) is 18.2. The lowest BCUT2D eigenvalue weighted by atomic mass is 9.93. The van der Waals surface area contributed by atoms with Gasteiger partial charge in [-0.2, -0.15) is 0 Å². The molecule has 0 spiro atoms. The van der Waals surface area contributed by atoms with Crippen LogP contribution in [0.25, 0.3) is 6.08 Å². The first-order chi connectivity index (χ1) is 8.43. The molecule has 1 aromatic carbocycles. The van der Waals surface area contributed by atoms with E-state index in [0.717, 1.165) is 12.2 Å². The Labute approximate surface area is 103 Å². The second-order valence-corrected chi connectivity index (χ2v) is 4.83. The standard InChI is InChI=1S/C16H18O/c1-2-6-13(7-3-1)12-15-9-4-8-14-10-5-11-17-16(14)15/h4-6,8-10H,1-3,7,11-12H2. The minimum Gasteiger partial charge on any atom is -0.489 e. The number of benzene rings is 1. The van der Waals surface area contributed by atoms with Crippen LogP contribution in [0.5, 0.6) is 5.75 Å². The highest BCUT2D eigenvalue weighted by molar-refractivity contribution is 5.62. The third kappa shape index (κ3) is 2.28. The quantitative estimate of drug-likeness (QED) is 0.689. The van der Waals surface area contributed by atoms with Crippen molar-refractivity contribution >= 4 is 6.08 Å². The van der Waals surface area contributed by atoms with Gasteiger partial charge in [0.05, 0.1) is 0 Å².